The zero-order valence-corrected chi connectivity index (χ0v) is 12.2. The highest BCUT2D eigenvalue weighted by molar-refractivity contribution is 5.22. The van der Waals surface area contributed by atoms with E-state index in [0.717, 1.165) is 6.54 Å². The van der Waals surface area contributed by atoms with Gasteiger partial charge in [0.25, 0.3) is 0 Å². The third-order valence-corrected chi connectivity index (χ3v) is 4.02. The standard InChI is InChI=1S/C15H26N2O/c1-12-7-6-8-14(9-12)10-17(4)15(3,11-16)13(2)18-5/h6-9,13H,10-11,16H2,1-5H3. The lowest BCUT2D eigenvalue weighted by Crippen LogP contribution is -2.57. The van der Waals surface area contributed by atoms with Crippen LogP contribution in [0.25, 0.3) is 0 Å². The number of benzene rings is 1. The fraction of sp³-hybridized carbons (Fsp3) is 0.600. The summed E-state index contributed by atoms with van der Waals surface area (Å²) in [5, 5.41) is 0. The Morgan fingerprint density at radius 2 is 2.11 bits per heavy atom. The van der Waals surface area contributed by atoms with Crippen LogP contribution in [0.15, 0.2) is 24.3 Å². The van der Waals surface area contributed by atoms with Gasteiger partial charge >= 0.3 is 0 Å². The first-order chi connectivity index (χ1) is 8.43. The molecule has 0 saturated heterocycles. The summed E-state index contributed by atoms with van der Waals surface area (Å²) in [4.78, 5) is 2.27. The smallest absolute Gasteiger partial charge is 0.0736 e. The molecule has 2 unspecified atom stereocenters. The molecular weight excluding hydrogens is 224 g/mol. The Kier molecular flexibility index (Phi) is 5.32. The average Bonchev–Trinajstić information content (AvgIpc) is 2.36. The molecule has 0 aromatic heterocycles. The molecule has 0 amide bonds. The van der Waals surface area contributed by atoms with Crippen molar-refractivity contribution in [2.24, 2.45) is 5.73 Å². The summed E-state index contributed by atoms with van der Waals surface area (Å²) in [6, 6.07) is 8.57. The highest BCUT2D eigenvalue weighted by atomic mass is 16.5. The van der Waals surface area contributed by atoms with E-state index in [-0.39, 0.29) is 11.6 Å². The van der Waals surface area contributed by atoms with Crippen molar-refractivity contribution in [2.75, 3.05) is 20.7 Å². The number of aryl methyl sites for hydroxylation is 1. The molecule has 0 bridgehead atoms. The van der Waals surface area contributed by atoms with Crippen LogP contribution in [-0.4, -0.2) is 37.2 Å². The molecule has 18 heavy (non-hydrogen) atoms. The van der Waals surface area contributed by atoms with Crippen molar-refractivity contribution in [1.82, 2.24) is 4.90 Å². The number of hydrogen-bond donors (Lipinski definition) is 1. The van der Waals surface area contributed by atoms with Gasteiger partial charge < -0.3 is 10.5 Å². The van der Waals surface area contributed by atoms with E-state index in [2.05, 4.69) is 57.0 Å². The molecule has 0 radical (unpaired) electrons. The number of nitrogens with zero attached hydrogens (tertiary/aromatic N) is 1. The molecule has 1 aromatic rings. The second-order valence-corrected chi connectivity index (χ2v) is 5.28. The quantitative estimate of drug-likeness (QED) is 0.841. The first-order valence-corrected chi connectivity index (χ1v) is 6.43. The van der Waals surface area contributed by atoms with Crippen molar-refractivity contribution in [3.63, 3.8) is 0 Å². The Labute approximate surface area is 111 Å². The first-order valence-electron chi connectivity index (χ1n) is 6.43. The molecule has 3 heteroatoms. The number of hydrogen-bond acceptors (Lipinski definition) is 3. The van der Waals surface area contributed by atoms with Crippen molar-refractivity contribution < 1.29 is 4.74 Å². The van der Waals surface area contributed by atoms with Crippen LogP contribution in [0.3, 0.4) is 0 Å². The average molecular weight is 250 g/mol. The van der Waals surface area contributed by atoms with E-state index >= 15 is 0 Å². The summed E-state index contributed by atoms with van der Waals surface area (Å²) in [6.07, 6.45) is 0.0947. The maximum absolute atomic E-state index is 5.95. The van der Waals surface area contributed by atoms with E-state index in [1.54, 1.807) is 7.11 Å². The van der Waals surface area contributed by atoms with Gasteiger partial charge in [-0.05, 0) is 33.4 Å². The minimum atomic E-state index is -0.154. The first kappa shape index (κ1) is 15.2. The predicted molar refractivity (Wildman–Crippen MR) is 76.6 cm³/mol. The van der Waals surface area contributed by atoms with E-state index in [4.69, 9.17) is 10.5 Å². The Hall–Kier alpha value is -0.900. The summed E-state index contributed by atoms with van der Waals surface area (Å²) < 4.78 is 5.47. The zero-order chi connectivity index (χ0) is 13.8. The number of methoxy groups -OCH3 is 1. The molecule has 0 fully saturated rings. The van der Waals surface area contributed by atoms with Crippen LogP contribution in [0.5, 0.6) is 0 Å². The highest BCUT2D eigenvalue weighted by Crippen LogP contribution is 2.21. The summed E-state index contributed by atoms with van der Waals surface area (Å²) >= 11 is 0. The predicted octanol–water partition coefficient (Wildman–Crippen LogP) is 2.18. The summed E-state index contributed by atoms with van der Waals surface area (Å²) in [6.45, 7) is 7.79. The van der Waals surface area contributed by atoms with Crippen molar-refractivity contribution in [1.29, 1.82) is 0 Å². The van der Waals surface area contributed by atoms with Gasteiger partial charge in [0, 0.05) is 20.2 Å². The Balaban J connectivity index is 2.82. The molecule has 0 saturated carbocycles. The van der Waals surface area contributed by atoms with Gasteiger partial charge in [-0.25, -0.2) is 0 Å². The number of nitrogens with two attached hydrogens (primary N) is 1. The molecule has 1 rings (SSSR count). The van der Waals surface area contributed by atoms with Crippen LogP contribution < -0.4 is 5.73 Å². The fourth-order valence-electron chi connectivity index (χ4n) is 2.15. The summed E-state index contributed by atoms with van der Waals surface area (Å²) in [5.74, 6) is 0. The van der Waals surface area contributed by atoms with Crippen LogP contribution in [0.4, 0.5) is 0 Å². The van der Waals surface area contributed by atoms with Gasteiger partial charge in [-0.15, -0.1) is 0 Å². The topological polar surface area (TPSA) is 38.5 Å². The van der Waals surface area contributed by atoms with Crippen LogP contribution in [0.2, 0.25) is 0 Å². The van der Waals surface area contributed by atoms with E-state index in [9.17, 15) is 0 Å². The summed E-state index contributed by atoms with van der Waals surface area (Å²) in [7, 11) is 3.84. The highest BCUT2D eigenvalue weighted by Gasteiger charge is 2.34. The minimum Gasteiger partial charge on any atom is -0.380 e. The molecule has 0 aliphatic rings. The number of ether oxygens (including phenoxy) is 1. The van der Waals surface area contributed by atoms with E-state index < -0.39 is 0 Å². The minimum absolute atomic E-state index is 0.0947. The third kappa shape index (κ3) is 3.31. The van der Waals surface area contributed by atoms with Crippen molar-refractivity contribution in [3.8, 4) is 0 Å². The SMILES string of the molecule is COC(C)C(C)(CN)N(C)Cc1cccc(C)c1. The lowest BCUT2D eigenvalue weighted by molar-refractivity contribution is -0.0230. The van der Waals surface area contributed by atoms with Gasteiger partial charge in [-0.3, -0.25) is 4.90 Å². The van der Waals surface area contributed by atoms with Crippen molar-refractivity contribution in [2.45, 2.75) is 39.0 Å². The third-order valence-electron chi connectivity index (χ3n) is 4.02. The normalized spacial score (nSPS) is 16.6. The molecule has 0 aliphatic heterocycles. The molecule has 0 aliphatic carbocycles. The molecule has 102 valence electrons. The van der Waals surface area contributed by atoms with E-state index in [1.807, 2.05) is 0 Å². The monoisotopic (exact) mass is 250 g/mol. The summed E-state index contributed by atoms with van der Waals surface area (Å²) in [5.41, 5.74) is 8.39. The van der Waals surface area contributed by atoms with Crippen LogP contribution in [0.1, 0.15) is 25.0 Å². The maximum Gasteiger partial charge on any atom is 0.0736 e. The largest absolute Gasteiger partial charge is 0.380 e. The zero-order valence-electron chi connectivity index (χ0n) is 12.2. The van der Waals surface area contributed by atoms with Crippen molar-refractivity contribution in [3.05, 3.63) is 35.4 Å². The Bertz CT molecular complexity index is 381. The van der Waals surface area contributed by atoms with Gasteiger partial charge in [-0.2, -0.15) is 0 Å². The van der Waals surface area contributed by atoms with Gasteiger partial charge in [0.1, 0.15) is 0 Å². The Morgan fingerprint density at radius 3 is 2.61 bits per heavy atom. The van der Waals surface area contributed by atoms with Crippen LogP contribution >= 0.6 is 0 Å². The lowest BCUT2D eigenvalue weighted by atomic mass is 9.93. The number of likely N-dealkylation sites (N-methyl/N-ethyl adjacent to an activating group) is 1. The van der Waals surface area contributed by atoms with Crippen molar-refractivity contribution >= 4 is 0 Å². The van der Waals surface area contributed by atoms with Crippen LogP contribution in [-0.2, 0) is 11.3 Å². The lowest BCUT2D eigenvalue weighted by Gasteiger charge is -2.42. The van der Waals surface area contributed by atoms with E-state index in [1.165, 1.54) is 11.1 Å². The molecule has 2 N–H and O–H groups in total. The molecule has 2 atom stereocenters. The molecule has 3 nitrogen and oxygen atoms in total. The number of rotatable bonds is 6. The molecular formula is C15H26N2O. The second kappa shape index (κ2) is 6.32. The van der Waals surface area contributed by atoms with Crippen LogP contribution in [0, 0.1) is 6.92 Å². The maximum atomic E-state index is 5.95. The van der Waals surface area contributed by atoms with Gasteiger partial charge in [0.05, 0.1) is 11.6 Å². The molecule has 0 heterocycles. The van der Waals surface area contributed by atoms with Gasteiger partial charge in [-0.1, -0.05) is 29.8 Å². The molecule has 1 aromatic carbocycles. The fourth-order valence-corrected chi connectivity index (χ4v) is 2.15. The Morgan fingerprint density at radius 1 is 1.44 bits per heavy atom. The van der Waals surface area contributed by atoms with Gasteiger partial charge in [0.15, 0.2) is 0 Å². The second-order valence-electron chi connectivity index (χ2n) is 5.28. The molecule has 0 spiro atoms. The van der Waals surface area contributed by atoms with Gasteiger partial charge in [0.2, 0.25) is 0 Å². The van der Waals surface area contributed by atoms with E-state index in [0.29, 0.717) is 6.54 Å².